The Morgan fingerprint density at radius 2 is 1.77 bits per heavy atom. The monoisotopic (exact) mass is 402 g/mol. The standard InChI is InChI=1S/C28H34O2/c1-27-16-14-21(29)18-20(27)9-10-22-23-11-12-25(28(23,2)17-15-24(22)27)26(30)13-8-19-6-4-3-5-7-19/h3-8,13,18,22-25H,9-12,14-17H2,1-2H3/b13-8+/t22-,23-,24-,25+,27-,28-/m0/s1. The van der Waals surface area contributed by atoms with Crippen molar-refractivity contribution in [1.29, 1.82) is 0 Å². The van der Waals surface area contributed by atoms with E-state index in [0.29, 0.717) is 23.4 Å². The number of carbonyl (C=O) groups excluding carboxylic acids is 2. The summed E-state index contributed by atoms with van der Waals surface area (Å²) in [6, 6.07) is 10.1. The van der Waals surface area contributed by atoms with Gasteiger partial charge in [-0.05, 0) is 91.2 Å². The lowest BCUT2D eigenvalue weighted by molar-refractivity contribution is -0.126. The predicted octanol–water partition coefficient (Wildman–Crippen LogP) is 6.42. The third-order valence-electron chi connectivity index (χ3n) is 9.55. The molecule has 0 aliphatic heterocycles. The number of carbonyl (C=O) groups is 2. The Morgan fingerprint density at radius 3 is 2.57 bits per heavy atom. The van der Waals surface area contributed by atoms with E-state index in [1.54, 1.807) is 0 Å². The number of hydrogen-bond acceptors (Lipinski definition) is 2. The molecule has 3 saturated carbocycles. The first-order chi connectivity index (χ1) is 14.4. The van der Waals surface area contributed by atoms with E-state index >= 15 is 0 Å². The van der Waals surface area contributed by atoms with E-state index in [4.69, 9.17) is 0 Å². The van der Waals surface area contributed by atoms with Gasteiger partial charge in [0.05, 0.1) is 0 Å². The quantitative estimate of drug-likeness (QED) is 0.547. The van der Waals surface area contributed by atoms with Crippen molar-refractivity contribution in [2.75, 3.05) is 0 Å². The van der Waals surface area contributed by atoms with Gasteiger partial charge < -0.3 is 0 Å². The van der Waals surface area contributed by atoms with Gasteiger partial charge in [-0.15, -0.1) is 0 Å². The van der Waals surface area contributed by atoms with Crippen molar-refractivity contribution in [2.24, 2.45) is 34.5 Å². The van der Waals surface area contributed by atoms with Crippen molar-refractivity contribution in [3.8, 4) is 0 Å². The van der Waals surface area contributed by atoms with Crippen LogP contribution in [0, 0.1) is 34.5 Å². The molecule has 0 unspecified atom stereocenters. The number of fused-ring (bicyclic) bond motifs is 5. The fraction of sp³-hybridized carbons (Fsp3) is 0.571. The molecule has 4 aliphatic carbocycles. The molecule has 6 atom stereocenters. The van der Waals surface area contributed by atoms with Crippen LogP contribution < -0.4 is 0 Å². The molecule has 0 spiro atoms. The molecule has 0 bridgehead atoms. The van der Waals surface area contributed by atoms with Crippen LogP contribution >= 0.6 is 0 Å². The summed E-state index contributed by atoms with van der Waals surface area (Å²) >= 11 is 0. The zero-order valence-corrected chi connectivity index (χ0v) is 18.4. The Hall–Kier alpha value is -1.96. The van der Waals surface area contributed by atoms with Crippen molar-refractivity contribution in [3.63, 3.8) is 0 Å². The highest BCUT2D eigenvalue weighted by Gasteiger charge is 2.59. The summed E-state index contributed by atoms with van der Waals surface area (Å²) < 4.78 is 0. The van der Waals surface area contributed by atoms with Crippen LogP contribution in [0.4, 0.5) is 0 Å². The first-order valence-corrected chi connectivity index (χ1v) is 11.9. The fourth-order valence-corrected chi connectivity index (χ4v) is 7.89. The maximum atomic E-state index is 13.2. The number of ketones is 2. The normalized spacial score (nSPS) is 40.5. The van der Waals surface area contributed by atoms with Gasteiger partial charge in [0.2, 0.25) is 0 Å². The smallest absolute Gasteiger partial charge is 0.159 e. The summed E-state index contributed by atoms with van der Waals surface area (Å²) in [5.41, 5.74) is 2.88. The molecule has 1 aromatic carbocycles. The van der Waals surface area contributed by atoms with Crippen LogP contribution in [0.15, 0.2) is 48.1 Å². The largest absolute Gasteiger partial charge is 0.295 e. The van der Waals surface area contributed by atoms with Crippen molar-refractivity contribution in [1.82, 2.24) is 0 Å². The van der Waals surface area contributed by atoms with Crippen molar-refractivity contribution in [2.45, 2.75) is 65.2 Å². The van der Waals surface area contributed by atoms with Crippen LogP contribution in [0.5, 0.6) is 0 Å². The maximum absolute atomic E-state index is 13.2. The molecule has 0 heterocycles. The van der Waals surface area contributed by atoms with E-state index in [9.17, 15) is 9.59 Å². The Bertz CT molecular complexity index is 910. The molecule has 5 rings (SSSR count). The summed E-state index contributed by atoms with van der Waals surface area (Å²) in [5.74, 6) is 2.89. The highest BCUT2D eigenvalue weighted by molar-refractivity contribution is 5.96. The average molecular weight is 403 g/mol. The molecule has 158 valence electrons. The van der Waals surface area contributed by atoms with Crippen LogP contribution in [0.2, 0.25) is 0 Å². The van der Waals surface area contributed by atoms with E-state index in [-0.39, 0.29) is 16.7 Å². The summed E-state index contributed by atoms with van der Waals surface area (Å²) in [6.07, 6.45) is 14.5. The van der Waals surface area contributed by atoms with Gasteiger partial charge in [-0.2, -0.15) is 0 Å². The SMILES string of the molecule is C[C@]12CC[C@H]3[C@@H](CCC4=CC(=O)CC[C@@]43C)[C@@H]1CC[C@@H]2C(=O)/C=C/c1ccccc1. The van der Waals surface area contributed by atoms with Crippen molar-refractivity contribution in [3.05, 3.63) is 53.6 Å². The molecule has 0 radical (unpaired) electrons. The molecule has 0 amide bonds. The van der Waals surface area contributed by atoms with Gasteiger partial charge in [0.15, 0.2) is 11.6 Å². The second-order valence-corrected chi connectivity index (χ2v) is 10.8. The maximum Gasteiger partial charge on any atom is 0.159 e. The summed E-state index contributed by atoms with van der Waals surface area (Å²) in [5, 5.41) is 0. The zero-order chi connectivity index (χ0) is 20.9. The Balaban J connectivity index is 1.37. The number of rotatable bonds is 3. The van der Waals surface area contributed by atoms with Crippen LogP contribution in [-0.4, -0.2) is 11.6 Å². The number of hydrogen-bond donors (Lipinski definition) is 0. The second-order valence-electron chi connectivity index (χ2n) is 10.8. The molecule has 3 fully saturated rings. The minimum absolute atomic E-state index is 0.140. The van der Waals surface area contributed by atoms with E-state index in [2.05, 4.69) is 26.0 Å². The molecule has 1 aromatic rings. The summed E-state index contributed by atoms with van der Waals surface area (Å²) in [7, 11) is 0. The summed E-state index contributed by atoms with van der Waals surface area (Å²) in [6.45, 7) is 4.85. The molecule has 2 heteroatoms. The van der Waals surface area contributed by atoms with Gasteiger partial charge >= 0.3 is 0 Å². The van der Waals surface area contributed by atoms with E-state index < -0.39 is 0 Å². The molecule has 2 nitrogen and oxygen atoms in total. The molecule has 0 N–H and O–H groups in total. The summed E-state index contributed by atoms with van der Waals surface area (Å²) in [4.78, 5) is 25.2. The lowest BCUT2D eigenvalue weighted by Crippen LogP contribution is -2.51. The van der Waals surface area contributed by atoms with Gasteiger partial charge in [0.25, 0.3) is 0 Å². The van der Waals surface area contributed by atoms with Gasteiger partial charge in [-0.3, -0.25) is 9.59 Å². The molecular formula is C28H34O2. The van der Waals surface area contributed by atoms with Crippen LogP contribution in [-0.2, 0) is 9.59 Å². The lowest BCUT2D eigenvalue weighted by atomic mass is 9.46. The molecule has 4 aliphatic rings. The Morgan fingerprint density at radius 1 is 0.967 bits per heavy atom. The predicted molar refractivity (Wildman–Crippen MR) is 121 cm³/mol. The lowest BCUT2D eigenvalue weighted by Gasteiger charge is -2.58. The number of allylic oxidation sites excluding steroid dienone is 2. The molecule has 0 saturated heterocycles. The highest BCUT2D eigenvalue weighted by atomic mass is 16.1. The topological polar surface area (TPSA) is 34.1 Å². The molecular weight excluding hydrogens is 368 g/mol. The third kappa shape index (κ3) is 3.06. The Kier molecular flexibility index (Phi) is 4.87. The van der Waals surface area contributed by atoms with Crippen molar-refractivity contribution >= 4 is 17.6 Å². The molecule has 0 aromatic heterocycles. The van der Waals surface area contributed by atoms with Crippen LogP contribution in [0.3, 0.4) is 0 Å². The molecule has 30 heavy (non-hydrogen) atoms. The fourth-order valence-electron chi connectivity index (χ4n) is 7.89. The number of benzene rings is 1. The average Bonchev–Trinajstić information content (AvgIpc) is 3.10. The van der Waals surface area contributed by atoms with Gasteiger partial charge in [-0.25, -0.2) is 0 Å². The van der Waals surface area contributed by atoms with E-state index in [1.807, 2.05) is 36.4 Å². The van der Waals surface area contributed by atoms with Crippen LogP contribution in [0.25, 0.3) is 6.08 Å². The van der Waals surface area contributed by atoms with E-state index in [1.165, 1.54) is 24.8 Å². The first-order valence-electron chi connectivity index (χ1n) is 11.9. The minimum atomic E-state index is 0.140. The first kappa shape index (κ1) is 20.0. The minimum Gasteiger partial charge on any atom is -0.295 e. The second kappa shape index (κ2) is 7.32. The highest BCUT2D eigenvalue weighted by Crippen LogP contribution is 2.66. The van der Waals surface area contributed by atoms with Gasteiger partial charge in [-0.1, -0.05) is 55.8 Å². The third-order valence-corrected chi connectivity index (χ3v) is 9.55. The van der Waals surface area contributed by atoms with Gasteiger partial charge in [0, 0.05) is 12.3 Å². The Labute approximate surface area is 180 Å². The zero-order valence-electron chi connectivity index (χ0n) is 18.4. The van der Waals surface area contributed by atoms with Crippen LogP contribution in [0.1, 0.15) is 70.8 Å². The van der Waals surface area contributed by atoms with Crippen molar-refractivity contribution < 1.29 is 9.59 Å². The van der Waals surface area contributed by atoms with Gasteiger partial charge in [0.1, 0.15) is 0 Å². The van der Waals surface area contributed by atoms with E-state index in [0.717, 1.165) is 43.6 Å².